The second kappa shape index (κ2) is 8.59. The number of benzene rings is 3. The molecule has 6 heteroatoms. The van der Waals surface area contributed by atoms with E-state index in [9.17, 15) is 9.18 Å². The van der Waals surface area contributed by atoms with Crippen molar-refractivity contribution >= 4 is 29.5 Å². The van der Waals surface area contributed by atoms with Crippen molar-refractivity contribution in [2.75, 3.05) is 18.9 Å². The third kappa shape index (κ3) is 4.02. The summed E-state index contributed by atoms with van der Waals surface area (Å²) in [7, 11) is 0. The number of ether oxygens (including phenoxy) is 1. The van der Waals surface area contributed by atoms with Gasteiger partial charge in [-0.15, -0.1) is 0 Å². The Kier molecular flexibility index (Phi) is 5.72. The van der Waals surface area contributed by atoms with Gasteiger partial charge in [0.05, 0.1) is 10.7 Å². The molecule has 0 aromatic heterocycles. The Morgan fingerprint density at radius 1 is 1.10 bits per heavy atom. The fourth-order valence-electron chi connectivity index (χ4n) is 3.68. The summed E-state index contributed by atoms with van der Waals surface area (Å²) < 4.78 is 19.0. The minimum atomic E-state index is -0.538. The Morgan fingerprint density at radius 3 is 2.40 bits per heavy atom. The third-order valence-corrected chi connectivity index (χ3v) is 5.45. The average molecular weight is 423 g/mol. The molecule has 152 valence electrons. The van der Waals surface area contributed by atoms with E-state index in [1.807, 2.05) is 24.3 Å². The molecular weight excluding hydrogens is 403 g/mol. The van der Waals surface area contributed by atoms with Crippen LogP contribution in [0.3, 0.4) is 0 Å². The van der Waals surface area contributed by atoms with E-state index in [-0.39, 0.29) is 24.8 Å². The zero-order valence-corrected chi connectivity index (χ0v) is 16.8. The summed E-state index contributed by atoms with van der Waals surface area (Å²) in [6.45, 7) is 0.470. The number of halogens is 2. The number of rotatable bonds is 5. The van der Waals surface area contributed by atoms with E-state index in [0.29, 0.717) is 10.6 Å². The molecule has 0 bridgehead atoms. The van der Waals surface area contributed by atoms with Crippen LogP contribution in [-0.2, 0) is 4.74 Å². The smallest absolute Gasteiger partial charge is 0.407 e. The molecule has 0 heterocycles. The Bertz CT molecular complexity index is 1080. The van der Waals surface area contributed by atoms with Crippen molar-refractivity contribution in [3.8, 4) is 11.1 Å². The highest BCUT2D eigenvalue weighted by molar-refractivity contribution is 6.32. The van der Waals surface area contributed by atoms with Crippen molar-refractivity contribution in [3.05, 3.63) is 94.3 Å². The van der Waals surface area contributed by atoms with Crippen molar-refractivity contribution in [2.24, 2.45) is 0 Å². The predicted molar refractivity (Wildman–Crippen MR) is 118 cm³/mol. The maximum atomic E-state index is 13.5. The van der Waals surface area contributed by atoms with Crippen LogP contribution in [0.15, 0.2) is 66.7 Å². The van der Waals surface area contributed by atoms with Gasteiger partial charge >= 0.3 is 6.09 Å². The summed E-state index contributed by atoms with van der Waals surface area (Å²) in [5.41, 5.74) is 10.6. The van der Waals surface area contributed by atoms with Crippen LogP contribution in [0.4, 0.5) is 14.9 Å². The molecule has 0 spiro atoms. The van der Waals surface area contributed by atoms with E-state index in [4.69, 9.17) is 22.1 Å². The van der Waals surface area contributed by atoms with Gasteiger partial charge in [0, 0.05) is 12.5 Å². The van der Waals surface area contributed by atoms with Crippen LogP contribution in [0.5, 0.6) is 0 Å². The number of nitrogens with two attached hydrogens (primary N) is 1. The molecule has 0 fully saturated rings. The van der Waals surface area contributed by atoms with Gasteiger partial charge in [-0.2, -0.15) is 0 Å². The van der Waals surface area contributed by atoms with Gasteiger partial charge in [0.2, 0.25) is 0 Å². The second-order valence-corrected chi connectivity index (χ2v) is 7.41. The highest BCUT2D eigenvalue weighted by atomic mass is 35.5. The summed E-state index contributed by atoms with van der Waals surface area (Å²) in [6, 6.07) is 18.9. The first-order valence-corrected chi connectivity index (χ1v) is 9.92. The van der Waals surface area contributed by atoms with E-state index >= 15 is 0 Å². The maximum Gasteiger partial charge on any atom is 0.407 e. The van der Waals surface area contributed by atoms with Gasteiger partial charge in [-0.05, 0) is 39.9 Å². The van der Waals surface area contributed by atoms with Gasteiger partial charge in [-0.25, -0.2) is 9.18 Å². The van der Waals surface area contributed by atoms with Crippen LogP contribution in [0.2, 0.25) is 5.02 Å². The lowest BCUT2D eigenvalue weighted by Gasteiger charge is -2.14. The molecule has 0 saturated carbocycles. The molecule has 0 atom stereocenters. The number of nitrogen functional groups attached to an aromatic ring is 1. The van der Waals surface area contributed by atoms with E-state index < -0.39 is 11.9 Å². The highest BCUT2D eigenvalue weighted by Gasteiger charge is 2.28. The highest BCUT2D eigenvalue weighted by Crippen LogP contribution is 2.44. The Balaban J connectivity index is 1.34. The van der Waals surface area contributed by atoms with Crippen LogP contribution in [-0.4, -0.2) is 19.2 Å². The maximum absolute atomic E-state index is 13.5. The van der Waals surface area contributed by atoms with Crippen molar-refractivity contribution in [1.29, 1.82) is 0 Å². The molecule has 3 N–H and O–H groups in total. The quantitative estimate of drug-likeness (QED) is 0.525. The SMILES string of the molecule is Nc1cc(Cl)c(C=CCNC(=O)OCC2c3ccccc3-c3ccccc32)cc1F. The first-order chi connectivity index (χ1) is 14.5. The summed E-state index contributed by atoms with van der Waals surface area (Å²) in [4.78, 5) is 12.1. The zero-order chi connectivity index (χ0) is 21.1. The molecule has 1 aliphatic rings. The van der Waals surface area contributed by atoms with Crippen molar-refractivity contribution in [2.45, 2.75) is 5.92 Å². The largest absolute Gasteiger partial charge is 0.449 e. The Labute approximate surface area is 179 Å². The average Bonchev–Trinajstić information content (AvgIpc) is 3.07. The van der Waals surface area contributed by atoms with Crippen LogP contribution in [0.25, 0.3) is 17.2 Å². The van der Waals surface area contributed by atoms with Crippen molar-refractivity contribution in [1.82, 2.24) is 5.32 Å². The summed E-state index contributed by atoms with van der Waals surface area (Å²) in [5.74, 6) is -0.529. The summed E-state index contributed by atoms with van der Waals surface area (Å²) in [5, 5.41) is 3.00. The molecule has 3 aromatic rings. The molecule has 4 rings (SSSR count). The van der Waals surface area contributed by atoms with E-state index in [0.717, 1.165) is 11.1 Å². The molecule has 0 aliphatic heterocycles. The second-order valence-electron chi connectivity index (χ2n) is 7.00. The Hall–Kier alpha value is -3.31. The molecule has 0 unspecified atom stereocenters. The van der Waals surface area contributed by atoms with Crippen molar-refractivity contribution < 1.29 is 13.9 Å². The van der Waals surface area contributed by atoms with Crippen LogP contribution in [0, 0.1) is 5.82 Å². The fraction of sp³-hybridized carbons (Fsp3) is 0.125. The topological polar surface area (TPSA) is 64.3 Å². The number of amides is 1. The zero-order valence-electron chi connectivity index (χ0n) is 16.1. The summed E-state index contributed by atoms with van der Waals surface area (Å²) in [6.07, 6.45) is 2.77. The van der Waals surface area contributed by atoms with Crippen LogP contribution in [0.1, 0.15) is 22.6 Å². The summed E-state index contributed by atoms with van der Waals surface area (Å²) >= 11 is 6.04. The molecule has 1 amide bonds. The fourth-order valence-corrected chi connectivity index (χ4v) is 3.92. The van der Waals surface area contributed by atoms with E-state index in [1.54, 1.807) is 12.2 Å². The molecule has 3 aromatic carbocycles. The monoisotopic (exact) mass is 422 g/mol. The number of hydrogen-bond acceptors (Lipinski definition) is 3. The van der Waals surface area contributed by atoms with Gasteiger partial charge in [-0.1, -0.05) is 72.3 Å². The first kappa shape index (κ1) is 20.0. The van der Waals surface area contributed by atoms with Gasteiger partial charge in [0.15, 0.2) is 0 Å². The molecular formula is C24H20ClFN2O2. The number of carbonyl (C=O) groups excluding carboxylic acids is 1. The van der Waals surface area contributed by atoms with Gasteiger partial charge in [0.1, 0.15) is 12.4 Å². The standard InChI is InChI=1S/C24H20ClFN2O2/c25-21-13-23(27)22(26)12-15(21)6-5-11-28-24(29)30-14-20-18-9-3-1-7-16(18)17-8-2-4-10-19(17)20/h1-10,12-13,20H,11,14,27H2,(H,28,29). The van der Waals surface area contributed by atoms with E-state index in [1.165, 1.54) is 23.3 Å². The third-order valence-electron chi connectivity index (χ3n) is 5.12. The molecule has 1 aliphatic carbocycles. The van der Waals surface area contributed by atoms with Crippen LogP contribution >= 0.6 is 11.6 Å². The lowest BCUT2D eigenvalue weighted by Crippen LogP contribution is -2.26. The van der Waals surface area contributed by atoms with Gasteiger partial charge in [-0.3, -0.25) is 0 Å². The minimum Gasteiger partial charge on any atom is -0.449 e. The first-order valence-electron chi connectivity index (χ1n) is 9.54. The number of anilines is 1. The number of alkyl carbamates (subject to hydrolysis) is 1. The molecule has 4 nitrogen and oxygen atoms in total. The molecule has 0 saturated heterocycles. The van der Waals surface area contributed by atoms with Gasteiger partial charge in [0.25, 0.3) is 0 Å². The van der Waals surface area contributed by atoms with Crippen LogP contribution < -0.4 is 11.1 Å². The lowest BCUT2D eigenvalue weighted by atomic mass is 9.98. The lowest BCUT2D eigenvalue weighted by molar-refractivity contribution is 0.144. The van der Waals surface area contributed by atoms with Gasteiger partial charge < -0.3 is 15.8 Å². The van der Waals surface area contributed by atoms with E-state index in [2.05, 4.69) is 29.6 Å². The number of nitrogens with one attached hydrogen (secondary N) is 1. The molecule has 30 heavy (non-hydrogen) atoms. The predicted octanol–water partition coefficient (Wildman–Crippen LogP) is 5.61. The number of hydrogen-bond donors (Lipinski definition) is 2. The van der Waals surface area contributed by atoms with Crippen molar-refractivity contribution in [3.63, 3.8) is 0 Å². The Morgan fingerprint density at radius 2 is 1.73 bits per heavy atom. The molecule has 0 radical (unpaired) electrons. The number of fused-ring (bicyclic) bond motifs is 3. The normalized spacial score (nSPS) is 12.6. The number of carbonyl (C=O) groups is 1. The minimum absolute atomic E-state index is 0.00564.